The molecule has 0 fully saturated rings. The number of aryl methyl sites for hydroxylation is 1. The second kappa shape index (κ2) is 6.80. The second-order valence-electron chi connectivity index (χ2n) is 4.22. The van der Waals surface area contributed by atoms with E-state index in [9.17, 15) is 13.2 Å². The minimum Gasteiger partial charge on any atom is -0.372 e. The Labute approximate surface area is 105 Å². The maximum Gasteiger partial charge on any atom is 0.411 e. The first-order valence-electron chi connectivity index (χ1n) is 5.98. The van der Waals surface area contributed by atoms with E-state index < -0.39 is 12.8 Å². The second-order valence-corrected chi connectivity index (χ2v) is 4.22. The zero-order chi connectivity index (χ0) is 13.6. The number of aromatic nitrogens is 1. The molecular formula is C12H19F3N2O. The number of hydrogen-bond donors (Lipinski definition) is 1. The fraction of sp³-hybridized carbons (Fsp3) is 0.667. The lowest BCUT2D eigenvalue weighted by molar-refractivity contribution is -0.174. The molecule has 104 valence electrons. The monoisotopic (exact) mass is 264 g/mol. The van der Waals surface area contributed by atoms with Gasteiger partial charge in [0.05, 0.1) is 0 Å². The predicted molar refractivity (Wildman–Crippen MR) is 63.1 cm³/mol. The summed E-state index contributed by atoms with van der Waals surface area (Å²) in [6.45, 7) is 1.57. The van der Waals surface area contributed by atoms with E-state index in [-0.39, 0.29) is 12.6 Å². The van der Waals surface area contributed by atoms with Gasteiger partial charge < -0.3 is 15.0 Å². The molecule has 0 aliphatic heterocycles. The quantitative estimate of drug-likeness (QED) is 0.769. The van der Waals surface area contributed by atoms with Gasteiger partial charge in [0.25, 0.3) is 0 Å². The van der Waals surface area contributed by atoms with Gasteiger partial charge in [0.1, 0.15) is 6.61 Å². The van der Waals surface area contributed by atoms with Crippen molar-refractivity contribution in [3.8, 4) is 0 Å². The molecule has 0 radical (unpaired) electrons. The Morgan fingerprint density at radius 3 is 2.78 bits per heavy atom. The van der Waals surface area contributed by atoms with Gasteiger partial charge in [-0.3, -0.25) is 0 Å². The molecule has 0 aromatic carbocycles. The van der Waals surface area contributed by atoms with E-state index in [4.69, 9.17) is 5.73 Å². The largest absolute Gasteiger partial charge is 0.411 e. The molecule has 3 nitrogen and oxygen atoms in total. The van der Waals surface area contributed by atoms with Gasteiger partial charge in [-0.1, -0.05) is 6.92 Å². The van der Waals surface area contributed by atoms with Crippen LogP contribution >= 0.6 is 0 Å². The molecule has 1 heterocycles. The molecule has 0 saturated carbocycles. The molecule has 1 unspecified atom stereocenters. The molecule has 0 bridgehead atoms. The van der Waals surface area contributed by atoms with Gasteiger partial charge in [-0.2, -0.15) is 13.2 Å². The van der Waals surface area contributed by atoms with Crippen LogP contribution in [0.2, 0.25) is 0 Å². The summed E-state index contributed by atoms with van der Waals surface area (Å²) in [5.74, 6) is 0. The van der Waals surface area contributed by atoms with Crippen molar-refractivity contribution in [1.29, 1.82) is 0 Å². The number of hydrogen-bond acceptors (Lipinski definition) is 2. The SMILES string of the molecule is CCC(N)c1ccn(CCCOCC(F)(F)F)c1. The van der Waals surface area contributed by atoms with E-state index in [2.05, 4.69) is 4.74 Å². The van der Waals surface area contributed by atoms with Gasteiger partial charge >= 0.3 is 6.18 Å². The molecule has 0 saturated heterocycles. The van der Waals surface area contributed by atoms with Crippen molar-refractivity contribution in [2.75, 3.05) is 13.2 Å². The molecule has 0 spiro atoms. The summed E-state index contributed by atoms with van der Waals surface area (Å²) in [5, 5.41) is 0. The number of rotatable bonds is 7. The van der Waals surface area contributed by atoms with Gasteiger partial charge in [-0.25, -0.2) is 0 Å². The van der Waals surface area contributed by atoms with E-state index in [0.29, 0.717) is 13.0 Å². The third-order valence-electron chi connectivity index (χ3n) is 2.61. The summed E-state index contributed by atoms with van der Waals surface area (Å²) < 4.78 is 41.8. The number of ether oxygens (including phenoxy) is 1. The van der Waals surface area contributed by atoms with Gasteiger partial charge in [0.2, 0.25) is 0 Å². The average Bonchev–Trinajstić information content (AvgIpc) is 2.75. The van der Waals surface area contributed by atoms with Gasteiger partial charge in [0, 0.05) is 31.6 Å². The van der Waals surface area contributed by atoms with Crippen LogP contribution in [0.3, 0.4) is 0 Å². The molecule has 1 atom stereocenters. The number of nitrogens with zero attached hydrogens (tertiary/aromatic N) is 1. The molecule has 1 aromatic rings. The highest BCUT2D eigenvalue weighted by atomic mass is 19.4. The van der Waals surface area contributed by atoms with Gasteiger partial charge in [-0.15, -0.1) is 0 Å². The number of nitrogens with two attached hydrogens (primary N) is 1. The Hall–Kier alpha value is -1.01. The maximum atomic E-state index is 11.8. The molecule has 0 amide bonds. The predicted octanol–water partition coefficient (Wildman–Crippen LogP) is 2.87. The van der Waals surface area contributed by atoms with E-state index >= 15 is 0 Å². The minimum absolute atomic E-state index is 0.0210. The van der Waals surface area contributed by atoms with Crippen molar-refractivity contribution >= 4 is 0 Å². The van der Waals surface area contributed by atoms with Crippen molar-refractivity contribution in [3.05, 3.63) is 24.0 Å². The first-order chi connectivity index (χ1) is 8.42. The Balaban J connectivity index is 2.22. The highest BCUT2D eigenvalue weighted by Crippen LogP contribution is 2.15. The van der Waals surface area contributed by atoms with E-state index in [1.165, 1.54) is 0 Å². The van der Waals surface area contributed by atoms with Crippen LogP contribution in [0.4, 0.5) is 13.2 Å². The Bertz CT molecular complexity index is 349. The highest BCUT2D eigenvalue weighted by Gasteiger charge is 2.27. The van der Waals surface area contributed by atoms with Gasteiger partial charge in [0.15, 0.2) is 0 Å². The van der Waals surface area contributed by atoms with Crippen LogP contribution in [0.15, 0.2) is 18.5 Å². The summed E-state index contributed by atoms with van der Waals surface area (Å²) >= 11 is 0. The third kappa shape index (κ3) is 5.55. The van der Waals surface area contributed by atoms with Crippen molar-refractivity contribution in [2.45, 2.75) is 38.5 Å². The van der Waals surface area contributed by atoms with Gasteiger partial charge in [-0.05, 0) is 24.5 Å². The molecular weight excluding hydrogens is 245 g/mol. The Morgan fingerprint density at radius 1 is 1.44 bits per heavy atom. The van der Waals surface area contributed by atoms with Crippen molar-refractivity contribution < 1.29 is 17.9 Å². The van der Waals surface area contributed by atoms with E-state index in [1.807, 2.05) is 30.0 Å². The smallest absolute Gasteiger partial charge is 0.372 e. The average molecular weight is 264 g/mol. The number of halogens is 3. The maximum absolute atomic E-state index is 11.8. The summed E-state index contributed by atoms with van der Waals surface area (Å²) in [4.78, 5) is 0. The van der Waals surface area contributed by atoms with E-state index in [1.54, 1.807) is 0 Å². The van der Waals surface area contributed by atoms with Crippen LogP contribution < -0.4 is 5.73 Å². The van der Waals surface area contributed by atoms with Crippen LogP contribution in [-0.4, -0.2) is 24.0 Å². The van der Waals surface area contributed by atoms with E-state index in [0.717, 1.165) is 12.0 Å². The normalized spacial score (nSPS) is 13.8. The van der Waals surface area contributed by atoms with Crippen LogP contribution in [0.5, 0.6) is 0 Å². The third-order valence-corrected chi connectivity index (χ3v) is 2.61. The first kappa shape index (κ1) is 15.0. The molecule has 0 aliphatic rings. The zero-order valence-electron chi connectivity index (χ0n) is 10.4. The van der Waals surface area contributed by atoms with Crippen LogP contribution in [-0.2, 0) is 11.3 Å². The highest BCUT2D eigenvalue weighted by molar-refractivity contribution is 5.14. The van der Waals surface area contributed by atoms with Crippen LogP contribution in [0.1, 0.15) is 31.4 Å². The zero-order valence-corrected chi connectivity index (χ0v) is 10.4. The van der Waals surface area contributed by atoms with Crippen LogP contribution in [0, 0.1) is 0 Å². The Kier molecular flexibility index (Phi) is 5.68. The van der Waals surface area contributed by atoms with Crippen molar-refractivity contribution in [2.24, 2.45) is 5.73 Å². The first-order valence-corrected chi connectivity index (χ1v) is 5.98. The molecule has 1 aromatic heterocycles. The minimum atomic E-state index is -4.24. The lowest BCUT2D eigenvalue weighted by atomic mass is 10.1. The topological polar surface area (TPSA) is 40.2 Å². The van der Waals surface area contributed by atoms with Crippen molar-refractivity contribution in [3.63, 3.8) is 0 Å². The standard InChI is InChI=1S/C12H19F3N2O/c1-2-11(16)10-4-6-17(8-10)5-3-7-18-9-12(13,14)15/h4,6,8,11H,2-3,5,7,9,16H2,1H3. The fourth-order valence-corrected chi connectivity index (χ4v) is 1.59. The molecule has 0 aliphatic carbocycles. The lowest BCUT2D eigenvalue weighted by Crippen LogP contribution is -2.17. The molecule has 1 rings (SSSR count). The molecule has 2 N–H and O–H groups in total. The fourth-order valence-electron chi connectivity index (χ4n) is 1.59. The lowest BCUT2D eigenvalue weighted by Gasteiger charge is -2.08. The summed E-state index contributed by atoms with van der Waals surface area (Å²) in [6.07, 6.45) is 0.978. The molecule has 6 heteroatoms. The summed E-state index contributed by atoms with van der Waals surface area (Å²) in [6, 6.07) is 1.96. The Morgan fingerprint density at radius 2 is 2.17 bits per heavy atom. The van der Waals surface area contributed by atoms with Crippen LogP contribution in [0.25, 0.3) is 0 Å². The summed E-state index contributed by atoms with van der Waals surface area (Å²) in [7, 11) is 0. The summed E-state index contributed by atoms with van der Waals surface area (Å²) in [5.41, 5.74) is 6.92. The number of alkyl halides is 3. The molecule has 18 heavy (non-hydrogen) atoms. The van der Waals surface area contributed by atoms with Crippen molar-refractivity contribution in [1.82, 2.24) is 4.57 Å².